The Balaban J connectivity index is 2.23. The summed E-state index contributed by atoms with van der Waals surface area (Å²) in [4.78, 5) is 29.9. The van der Waals surface area contributed by atoms with Crippen molar-refractivity contribution in [1.82, 2.24) is 15.2 Å². The van der Waals surface area contributed by atoms with Gasteiger partial charge in [-0.05, 0) is 18.6 Å². The smallest absolute Gasteiger partial charge is 0.388 e. The van der Waals surface area contributed by atoms with E-state index in [-0.39, 0.29) is 24.2 Å². The lowest BCUT2D eigenvalue weighted by Crippen LogP contribution is -2.68. The van der Waals surface area contributed by atoms with Gasteiger partial charge in [0.25, 0.3) is 0 Å². The van der Waals surface area contributed by atoms with Crippen molar-refractivity contribution >= 4 is 23.5 Å². The maximum absolute atomic E-state index is 15.0. The summed E-state index contributed by atoms with van der Waals surface area (Å²) < 4.78 is 57.9. The van der Waals surface area contributed by atoms with Crippen molar-refractivity contribution < 1.29 is 31.9 Å². The van der Waals surface area contributed by atoms with Crippen molar-refractivity contribution in [3.05, 3.63) is 58.2 Å². The predicted molar refractivity (Wildman–Crippen MR) is 102 cm³/mol. The molecule has 3 rings (SSSR count). The van der Waals surface area contributed by atoms with E-state index in [1.165, 1.54) is 13.0 Å². The minimum atomic E-state index is -3.12. The van der Waals surface area contributed by atoms with E-state index in [0.29, 0.717) is 0 Å². The molecule has 166 valence electrons. The van der Waals surface area contributed by atoms with Gasteiger partial charge in [0.1, 0.15) is 22.2 Å². The number of halogens is 5. The van der Waals surface area contributed by atoms with Gasteiger partial charge in [-0.1, -0.05) is 23.7 Å². The van der Waals surface area contributed by atoms with Crippen LogP contribution in [-0.4, -0.2) is 47.1 Å². The first kappa shape index (κ1) is 22.6. The van der Waals surface area contributed by atoms with Crippen LogP contribution in [0, 0.1) is 11.6 Å². The molecule has 1 unspecified atom stereocenters. The van der Waals surface area contributed by atoms with Crippen LogP contribution in [0.1, 0.15) is 24.0 Å². The van der Waals surface area contributed by atoms with E-state index in [1.54, 1.807) is 0 Å². The average Bonchev–Trinajstić information content (AvgIpc) is 2.71. The lowest BCUT2D eigenvalue weighted by molar-refractivity contribution is -0.134. The minimum absolute atomic E-state index is 0.0185. The van der Waals surface area contributed by atoms with Crippen molar-refractivity contribution in [2.45, 2.75) is 25.0 Å². The van der Waals surface area contributed by atoms with Crippen LogP contribution in [0.3, 0.4) is 0 Å². The number of ether oxygens (including phenoxy) is 1. The number of benzene rings is 1. The average molecular weight is 461 g/mol. The Bertz CT molecular complexity index is 1010. The van der Waals surface area contributed by atoms with Gasteiger partial charge in [0.15, 0.2) is 0 Å². The molecule has 3 N–H and O–H groups in total. The molecule has 7 nitrogen and oxygen atoms in total. The molecule has 2 atom stereocenters. The predicted octanol–water partition coefficient (Wildman–Crippen LogP) is 3.02. The molecule has 12 heteroatoms. The molecular formula is C19H17ClF4N4O3. The number of primary amides is 1. The summed E-state index contributed by atoms with van der Waals surface area (Å²) in [6.07, 6.45) is 1.09. The van der Waals surface area contributed by atoms with Crippen molar-refractivity contribution in [3.63, 3.8) is 0 Å². The fourth-order valence-corrected chi connectivity index (χ4v) is 3.91. The number of aromatic nitrogens is 1. The van der Waals surface area contributed by atoms with Gasteiger partial charge in [0, 0.05) is 36.8 Å². The Hall–Kier alpha value is -3.08. The molecule has 0 spiro atoms. The number of pyridine rings is 1. The molecule has 0 aliphatic carbocycles. The van der Waals surface area contributed by atoms with Gasteiger partial charge in [-0.3, -0.25) is 4.79 Å². The molecule has 1 fully saturated rings. The van der Waals surface area contributed by atoms with Crippen LogP contribution < -0.4 is 15.8 Å². The summed E-state index contributed by atoms with van der Waals surface area (Å²) in [5.41, 5.74) is 3.63. The van der Waals surface area contributed by atoms with E-state index in [4.69, 9.17) is 17.3 Å². The first-order chi connectivity index (χ1) is 14.6. The molecule has 0 bridgehead atoms. The summed E-state index contributed by atoms with van der Waals surface area (Å²) in [6, 6.07) is 3.42. The summed E-state index contributed by atoms with van der Waals surface area (Å²) in [6.45, 7) is -1.63. The van der Waals surface area contributed by atoms with Crippen LogP contribution in [0.25, 0.3) is 0 Å². The van der Waals surface area contributed by atoms with E-state index >= 15 is 4.39 Å². The number of piperazine rings is 1. The van der Waals surface area contributed by atoms with Crippen LogP contribution in [0.4, 0.5) is 22.4 Å². The van der Waals surface area contributed by atoms with Crippen molar-refractivity contribution in [2.24, 2.45) is 5.73 Å². The maximum Gasteiger partial charge on any atom is 0.388 e. The van der Waals surface area contributed by atoms with Crippen LogP contribution in [0.15, 0.2) is 30.5 Å². The number of nitrogens with zero attached hydrogens (tertiary/aromatic N) is 2. The Kier molecular flexibility index (Phi) is 6.25. The van der Waals surface area contributed by atoms with Gasteiger partial charge in [0.2, 0.25) is 11.8 Å². The number of hydrogen-bond donors (Lipinski definition) is 2. The Labute approximate surface area is 179 Å². The molecule has 0 saturated carbocycles. The molecule has 3 amide bonds. The second-order valence-electron chi connectivity index (χ2n) is 6.90. The number of alkyl halides is 2. The third kappa shape index (κ3) is 4.09. The summed E-state index contributed by atoms with van der Waals surface area (Å²) >= 11 is 5.74. The number of amides is 3. The molecule has 0 radical (unpaired) electrons. The van der Waals surface area contributed by atoms with Crippen LogP contribution in [0.5, 0.6) is 5.88 Å². The SMILES string of the molecule is CC1([C@@H](c2ccc(OC(F)F)nc2)c2ccc(F)c(Cl)c2F)C(=O)NCCN1C(N)=O. The highest BCUT2D eigenvalue weighted by Gasteiger charge is 2.52. The summed E-state index contributed by atoms with van der Waals surface area (Å²) in [5.74, 6) is -4.52. The largest absolute Gasteiger partial charge is 0.417 e. The molecular weight excluding hydrogens is 444 g/mol. The van der Waals surface area contributed by atoms with E-state index in [2.05, 4.69) is 15.0 Å². The number of carbonyl (C=O) groups excluding carboxylic acids is 2. The zero-order valence-electron chi connectivity index (χ0n) is 16.0. The first-order valence-electron chi connectivity index (χ1n) is 8.97. The normalized spacial score (nSPS) is 19.8. The van der Waals surface area contributed by atoms with Gasteiger partial charge in [-0.15, -0.1) is 0 Å². The van der Waals surface area contributed by atoms with Gasteiger partial charge in [-0.2, -0.15) is 8.78 Å². The topological polar surface area (TPSA) is 97.6 Å². The second-order valence-corrected chi connectivity index (χ2v) is 7.28. The quantitative estimate of drug-likeness (QED) is 0.529. The van der Waals surface area contributed by atoms with Crippen LogP contribution in [0.2, 0.25) is 5.02 Å². The second kappa shape index (κ2) is 8.58. The van der Waals surface area contributed by atoms with Gasteiger partial charge < -0.3 is 20.7 Å². The van der Waals surface area contributed by atoms with Crippen molar-refractivity contribution in [2.75, 3.05) is 13.1 Å². The van der Waals surface area contributed by atoms with Gasteiger partial charge in [0.05, 0.1) is 0 Å². The number of urea groups is 1. The summed E-state index contributed by atoms with van der Waals surface area (Å²) in [5, 5.41) is 1.79. The maximum atomic E-state index is 15.0. The molecule has 1 aliphatic heterocycles. The van der Waals surface area contributed by atoms with E-state index in [9.17, 15) is 22.8 Å². The van der Waals surface area contributed by atoms with E-state index in [1.807, 2.05) is 0 Å². The Morgan fingerprint density at radius 1 is 1.32 bits per heavy atom. The van der Waals surface area contributed by atoms with Crippen molar-refractivity contribution in [1.29, 1.82) is 0 Å². The third-order valence-electron chi connectivity index (χ3n) is 5.15. The molecule has 1 aromatic carbocycles. The fourth-order valence-electron chi connectivity index (χ4n) is 3.74. The van der Waals surface area contributed by atoms with Crippen molar-refractivity contribution in [3.8, 4) is 5.88 Å². The summed E-state index contributed by atoms with van der Waals surface area (Å²) in [7, 11) is 0. The number of hydrogen-bond acceptors (Lipinski definition) is 4. The molecule has 2 heterocycles. The fraction of sp³-hybridized carbons (Fsp3) is 0.316. The Morgan fingerprint density at radius 3 is 2.61 bits per heavy atom. The lowest BCUT2D eigenvalue weighted by Gasteiger charge is -2.47. The monoisotopic (exact) mass is 460 g/mol. The zero-order valence-corrected chi connectivity index (χ0v) is 16.8. The first-order valence-corrected chi connectivity index (χ1v) is 9.34. The highest BCUT2D eigenvalue weighted by Crippen LogP contribution is 2.42. The molecule has 1 aromatic heterocycles. The lowest BCUT2D eigenvalue weighted by atomic mass is 9.73. The molecule has 31 heavy (non-hydrogen) atoms. The molecule has 1 saturated heterocycles. The van der Waals surface area contributed by atoms with Crippen LogP contribution >= 0.6 is 11.6 Å². The standard InChI is InChI=1S/C19H17ClF4N4O3/c1-19(16(29)26-6-7-28(19)18(25)30)13(10-3-4-11(21)14(20)15(10)22)9-2-5-12(27-8-9)31-17(23)24/h2-5,8,13,17H,6-7H2,1H3,(H2,25,30)(H,26,29)/t13-,19?/m0/s1. The van der Waals surface area contributed by atoms with Gasteiger partial charge >= 0.3 is 12.6 Å². The molecule has 2 aromatic rings. The number of nitrogens with one attached hydrogen (secondary N) is 1. The zero-order chi connectivity index (χ0) is 22.9. The van der Waals surface area contributed by atoms with E-state index < -0.39 is 52.5 Å². The molecule has 1 aliphatic rings. The minimum Gasteiger partial charge on any atom is -0.417 e. The van der Waals surface area contributed by atoms with Crippen LogP contribution in [-0.2, 0) is 4.79 Å². The highest BCUT2D eigenvalue weighted by atomic mass is 35.5. The Morgan fingerprint density at radius 2 is 2.03 bits per heavy atom. The number of rotatable bonds is 5. The third-order valence-corrected chi connectivity index (χ3v) is 5.49. The number of nitrogens with two attached hydrogens (primary N) is 1. The van der Waals surface area contributed by atoms with E-state index in [0.717, 1.165) is 29.3 Å². The number of carbonyl (C=O) groups is 2. The highest BCUT2D eigenvalue weighted by molar-refractivity contribution is 6.31. The van der Waals surface area contributed by atoms with Gasteiger partial charge in [-0.25, -0.2) is 18.6 Å².